The van der Waals surface area contributed by atoms with Gasteiger partial charge in [-0.3, -0.25) is 4.98 Å². The van der Waals surface area contributed by atoms with E-state index in [1.165, 1.54) is 11.6 Å². The predicted molar refractivity (Wildman–Crippen MR) is 105 cm³/mol. The molecule has 28 heavy (non-hydrogen) atoms. The van der Waals surface area contributed by atoms with E-state index in [0.29, 0.717) is 11.4 Å². The summed E-state index contributed by atoms with van der Waals surface area (Å²) in [6.45, 7) is 3.76. The Morgan fingerprint density at radius 2 is 1.75 bits per heavy atom. The van der Waals surface area contributed by atoms with Gasteiger partial charge in [0.25, 0.3) is 0 Å². The number of hydrogen-bond donors (Lipinski definition) is 0. The first-order valence-corrected chi connectivity index (χ1v) is 9.67. The van der Waals surface area contributed by atoms with E-state index < -0.39 is 17.7 Å². The second kappa shape index (κ2) is 7.08. The van der Waals surface area contributed by atoms with Gasteiger partial charge in [0.15, 0.2) is 0 Å². The summed E-state index contributed by atoms with van der Waals surface area (Å²) in [7, 11) is 0. The van der Waals surface area contributed by atoms with Crippen LogP contribution < -0.4 is 0 Å². The lowest BCUT2D eigenvalue weighted by molar-refractivity contribution is -0.138. The highest BCUT2D eigenvalue weighted by atomic mass is 19.4. The van der Waals surface area contributed by atoms with Crippen molar-refractivity contribution in [1.29, 1.82) is 0 Å². The molecule has 1 heterocycles. The molecule has 0 N–H and O–H groups in total. The number of hydrogen-bond acceptors (Lipinski definition) is 1. The van der Waals surface area contributed by atoms with Crippen molar-refractivity contribution in [3.05, 3.63) is 88.1 Å². The lowest BCUT2D eigenvalue weighted by Gasteiger charge is -2.19. The van der Waals surface area contributed by atoms with E-state index in [9.17, 15) is 13.2 Å². The highest BCUT2D eigenvalue weighted by molar-refractivity contribution is 5.80. The number of aromatic nitrogens is 1. The number of unbranched alkanes of at least 4 members (excludes halogenated alkanes) is 1. The summed E-state index contributed by atoms with van der Waals surface area (Å²) in [6, 6.07) is 16.7. The lowest BCUT2D eigenvalue weighted by Crippen LogP contribution is -2.13. The van der Waals surface area contributed by atoms with Crippen LogP contribution in [0.5, 0.6) is 0 Å². The van der Waals surface area contributed by atoms with Crippen molar-refractivity contribution in [2.75, 3.05) is 0 Å². The summed E-state index contributed by atoms with van der Waals surface area (Å²) in [5.74, 6) is -0.447. The molecule has 2 aromatic carbocycles. The van der Waals surface area contributed by atoms with Gasteiger partial charge in [-0.05, 0) is 42.5 Å². The van der Waals surface area contributed by atoms with Crippen molar-refractivity contribution >= 4 is 0 Å². The van der Waals surface area contributed by atoms with Crippen molar-refractivity contribution < 1.29 is 13.2 Å². The van der Waals surface area contributed by atoms with Crippen molar-refractivity contribution in [2.24, 2.45) is 0 Å². The van der Waals surface area contributed by atoms with Gasteiger partial charge in [-0.1, -0.05) is 61.9 Å². The zero-order valence-corrected chi connectivity index (χ0v) is 16.0. The van der Waals surface area contributed by atoms with E-state index in [-0.39, 0.29) is 5.56 Å². The van der Waals surface area contributed by atoms with Crippen LogP contribution in [0.1, 0.15) is 59.2 Å². The molecule has 4 rings (SSSR count). The number of aryl methyl sites for hydroxylation is 2. The minimum atomic E-state index is -4.42. The van der Waals surface area contributed by atoms with E-state index in [1.807, 2.05) is 42.5 Å². The topological polar surface area (TPSA) is 12.9 Å². The van der Waals surface area contributed by atoms with E-state index in [4.69, 9.17) is 0 Å². The fraction of sp³-hybridized carbons (Fsp3) is 0.292. The molecule has 1 aromatic heterocycles. The zero-order chi connectivity index (χ0) is 19.9. The summed E-state index contributed by atoms with van der Waals surface area (Å²) >= 11 is 0. The molecule has 3 aromatic rings. The van der Waals surface area contributed by atoms with Crippen LogP contribution in [0.4, 0.5) is 13.2 Å². The first-order valence-electron chi connectivity index (χ1n) is 9.67. The van der Waals surface area contributed by atoms with Gasteiger partial charge < -0.3 is 0 Å². The molecular weight excluding hydrogens is 359 g/mol. The SMILES string of the molecule is CCCCc1ccc2c(c1)C(c1ccccc1)c1c(C(F)(F)F)cc(C)nc1-2. The van der Waals surface area contributed by atoms with Gasteiger partial charge in [0, 0.05) is 22.7 Å². The van der Waals surface area contributed by atoms with E-state index in [1.54, 1.807) is 6.92 Å². The fourth-order valence-corrected chi connectivity index (χ4v) is 4.17. The number of pyridine rings is 1. The third-order valence-corrected chi connectivity index (χ3v) is 5.41. The summed E-state index contributed by atoms with van der Waals surface area (Å²) < 4.78 is 41.9. The second-order valence-corrected chi connectivity index (χ2v) is 7.44. The lowest BCUT2D eigenvalue weighted by atomic mass is 9.86. The van der Waals surface area contributed by atoms with Crippen LogP contribution in [-0.2, 0) is 12.6 Å². The number of benzene rings is 2. The molecule has 0 aliphatic heterocycles. The Hall–Kier alpha value is -2.62. The Balaban J connectivity index is 1.98. The summed E-state index contributed by atoms with van der Waals surface area (Å²) in [4.78, 5) is 4.54. The standard InChI is InChI=1S/C24H22F3N/c1-3-4-8-16-11-12-18-19(14-16)21(17-9-6-5-7-10-17)22-20(24(25,26)27)13-15(2)28-23(18)22/h5-7,9-14,21H,3-4,8H2,1-2H3. The quantitative estimate of drug-likeness (QED) is 0.374. The maximum Gasteiger partial charge on any atom is 0.416 e. The van der Waals surface area contributed by atoms with Crippen LogP contribution in [-0.4, -0.2) is 4.98 Å². The van der Waals surface area contributed by atoms with Crippen LogP contribution in [0, 0.1) is 6.92 Å². The molecule has 0 amide bonds. The van der Waals surface area contributed by atoms with Gasteiger partial charge in [-0.2, -0.15) is 13.2 Å². The van der Waals surface area contributed by atoms with Crippen molar-refractivity contribution in [3.8, 4) is 11.3 Å². The van der Waals surface area contributed by atoms with Crippen LogP contribution in [0.25, 0.3) is 11.3 Å². The number of nitrogens with zero attached hydrogens (tertiary/aromatic N) is 1. The van der Waals surface area contributed by atoms with Crippen LogP contribution in [0.2, 0.25) is 0 Å². The molecule has 0 spiro atoms. The molecule has 1 aliphatic rings. The summed E-state index contributed by atoms with van der Waals surface area (Å²) in [5.41, 5.74) is 4.35. The molecular formula is C24H22F3N. The van der Waals surface area contributed by atoms with Crippen LogP contribution >= 0.6 is 0 Å². The van der Waals surface area contributed by atoms with Crippen molar-refractivity contribution in [3.63, 3.8) is 0 Å². The monoisotopic (exact) mass is 381 g/mol. The molecule has 0 saturated carbocycles. The molecule has 0 saturated heterocycles. The number of alkyl halides is 3. The van der Waals surface area contributed by atoms with Crippen LogP contribution in [0.15, 0.2) is 54.6 Å². The molecule has 0 fully saturated rings. The fourth-order valence-electron chi connectivity index (χ4n) is 4.17. The van der Waals surface area contributed by atoms with Crippen molar-refractivity contribution in [1.82, 2.24) is 4.98 Å². The molecule has 4 heteroatoms. The van der Waals surface area contributed by atoms with Crippen LogP contribution in [0.3, 0.4) is 0 Å². The molecule has 144 valence electrons. The predicted octanol–water partition coefficient (Wildman–Crippen LogP) is 6.91. The third kappa shape index (κ3) is 3.21. The summed E-state index contributed by atoms with van der Waals surface area (Å²) in [6.07, 6.45) is -1.34. The Morgan fingerprint density at radius 3 is 2.43 bits per heavy atom. The normalized spacial score (nSPS) is 15.4. The van der Waals surface area contributed by atoms with E-state index in [2.05, 4.69) is 18.0 Å². The summed E-state index contributed by atoms with van der Waals surface area (Å²) in [5, 5.41) is 0. The van der Waals surface area contributed by atoms with Gasteiger partial charge in [0.2, 0.25) is 0 Å². The average Bonchev–Trinajstić information content (AvgIpc) is 2.99. The second-order valence-electron chi connectivity index (χ2n) is 7.44. The van der Waals surface area contributed by atoms with Gasteiger partial charge in [0.1, 0.15) is 0 Å². The minimum Gasteiger partial charge on any atom is -0.253 e. The van der Waals surface area contributed by atoms with Gasteiger partial charge in [0.05, 0.1) is 11.3 Å². The number of fused-ring (bicyclic) bond motifs is 3. The average molecular weight is 381 g/mol. The largest absolute Gasteiger partial charge is 0.416 e. The number of rotatable bonds is 4. The highest BCUT2D eigenvalue weighted by Gasteiger charge is 2.42. The third-order valence-electron chi connectivity index (χ3n) is 5.41. The number of halogens is 3. The highest BCUT2D eigenvalue weighted by Crippen LogP contribution is 2.51. The Bertz CT molecular complexity index is 1010. The molecule has 0 bridgehead atoms. The maximum absolute atomic E-state index is 14.0. The maximum atomic E-state index is 14.0. The Kier molecular flexibility index (Phi) is 4.74. The molecule has 1 unspecified atom stereocenters. The molecule has 0 radical (unpaired) electrons. The molecule has 1 atom stereocenters. The molecule has 1 aliphatic carbocycles. The molecule has 1 nitrogen and oxygen atoms in total. The van der Waals surface area contributed by atoms with Gasteiger partial charge in [-0.25, -0.2) is 0 Å². The first-order chi connectivity index (χ1) is 13.4. The Morgan fingerprint density at radius 1 is 1.00 bits per heavy atom. The first kappa shape index (κ1) is 18.7. The minimum absolute atomic E-state index is 0.284. The smallest absolute Gasteiger partial charge is 0.253 e. The zero-order valence-electron chi connectivity index (χ0n) is 16.0. The van der Waals surface area contributed by atoms with Gasteiger partial charge >= 0.3 is 6.18 Å². The van der Waals surface area contributed by atoms with E-state index >= 15 is 0 Å². The van der Waals surface area contributed by atoms with Crippen molar-refractivity contribution in [2.45, 2.75) is 45.2 Å². The Labute approximate surface area is 163 Å². The van der Waals surface area contributed by atoms with E-state index in [0.717, 1.165) is 36.0 Å². The van der Waals surface area contributed by atoms with Gasteiger partial charge in [-0.15, -0.1) is 0 Å².